The molecule has 2 heterocycles. The minimum atomic E-state index is 0.207. The lowest BCUT2D eigenvalue weighted by Gasteiger charge is -2.26. The number of benzene rings is 1. The highest BCUT2D eigenvalue weighted by Crippen LogP contribution is 2.42. The molecule has 8 heteroatoms. The van der Waals surface area contributed by atoms with Crippen molar-refractivity contribution in [3.05, 3.63) is 41.6 Å². The Hall–Kier alpha value is -2.71. The SMILES string of the molecule is O=C(NCCCNc1nc(Nc2cccc(CN3CCOCC3)c2)ncc1C1CC1)C1CC1. The van der Waals surface area contributed by atoms with Gasteiger partial charge in [0.2, 0.25) is 11.9 Å². The first-order chi connectivity index (χ1) is 16.2. The lowest BCUT2D eigenvalue weighted by atomic mass is 10.2. The minimum absolute atomic E-state index is 0.207. The summed E-state index contributed by atoms with van der Waals surface area (Å²) in [6.45, 7) is 5.96. The van der Waals surface area contributed by atoms with E-state index in [1.54, 1.807) is 0 Å². The van der Waals surface area contributed by atoms with E-state index in [9.17, 15) is 4.79 Å². The number of morpholine rings is 1. The summed E-state index contributed by atoms with van der Waals surface area (Å²) in [6, 6.07) is 8.46. The van der Waals surface area contributed by atoms with Crippen molar-refractivity contribution in [2.24, 2.45) is 5.92 Å². The van der Waals surface area contributed by atoms with E-state index in [4.69, 9.17) is 9.72 Å². The van der Waals surface area contributed by atoms with Crippen LogP contribution in [0.15, 0.2) is 30.5 Å². The van der Waals surface area contributed by atoms with Crippen LogP contribution in [-0.2, 0) is 16.1 Å². The number of aromatic nitrogens is 2. The summed E-state index contributed by atoms with van der Waals surface area (Å²) in [4.78, 5) is 23.6. The molecule has 0 bridgehead atoms. The molecule has 176 valence electrons. The van der Waals surface area contributed by atoms with Crippen LogP contribution in [0.1, 0.15) is 49.1 Å². The maximum atomic E-state index is 11.8. The van der Waals surface area contributed by atoms with E-state index in [1.165, 1.54) is 24.0 Å². The third-order valence-electron chi connectivity index (χ3n) is 6.42. The quantitative estimate of drug-likeness (QED) is 0.453. The van der Waals surface area contributed by atoms with Crippen LogP contribution in [0.5, 0.6) is 0 Å². The minimum Gasteiger partial charge on any atom is -0.379 e. The van der Waals surface area contributed by atoms with E-state index in [2.05, 4.69) is 50.1 Å². The number of hydrogen-bond acceptors (Lipinski definition) is 7. The summed E-state index contributed by atoms with van der Waals surface area (Å²) < 4.78 is 5.45. The molecule has 0 unspecified atom stereocenters. The molecule has 1 amide bonds. The molecule has 1 aromatic heterocycles. The Balaban J connectivity index is 1.18. The van der Waals surface area contributed by atoms with E-state index < -0.39 is 0 Å². The summed E-state index contributed by atoms with van der Waals surface area (Å²) >= 11 is 0. The number of anilines is 3. The molecule has 33 heavy (non-hydrogen) atoms. The van der Waals surface area contributed by atoms with Crippen molar-refractivity contribution in [3.63, 3.8) is 0 Å². The summed E-state index contributed by atoms with van der Waals surface area (Å²) in [6.07, 6.45) is 7.32. The predicted octanol–water partition coefficient (Wildman–Crippen LogP) is 3.26. The van der Waals surface area contributed by atoms with Crippen LogP contribution < -0.4 is 16.0 Å². The van der Waals surface area contributed by atoms with Gasteiger partial charge < -0.3 is 20.7 Å². The van der Waals surface area contributed by atoms with Gasteiger partial charge in [0.1, 0.15) is 5.82 Å². The van der Waals surface area contributed by atoms with Crippen LogP contribution >= 0.6 is 0 Å². The van der Waals surface area contributed by atoms with Crippen molar-refractivity contribution in [2.75, 3.05) is 50.0 Å². The van der Waals surface area contributed by atoms with Gasteiger partial charge >= 0.3 is 0 Å². The third-order valence-corrected chi connectivity index (χ3v) is 6.42. The Morgan fingerprint density at radius 1 is 1.12 bits per heavy atom. The van der Waals surface area contributed by atoms with Crippen LogP contribution in [0.4, 0.5) is 17.5 Å². The van der Waals surface area contributed by atoms with Gasteiger partial charge in [-0.25, -0.2) is 4.98 Å². The standard InChI is InChI=1S/C25H34N6O2/c32-24(20-7-8-20)27-10-2-9-26-23-22(19-5-6-19)16-28-25(30-23)29-21-4-1-3-18(15-21)17-31-11-13-33-14-12-31/h1,3-4,15-16,19-20H,2,5-14,17H2,(H,27,32)(H2,26,28,29,30). The number of carbonyl (C=O) groups excluding carboxylic acids is 1. The monoisotopic (exact) mass is 450 g/mol. The zero-order chi connectivity index (χ0) is 22.5. The number of ether oxygens (including phenoxy) is 1. The average Bonchev–Trinajstić information content (AvgIpc) is 3.73. The summed E-state index contributed by atoms with van der Waals surface area (Å²) in [5.41, 5.74) is 3.46. The Bertz CT molecular complexity index is 954. The first-order valence-electron chi connectivity index (χ1n) is 12.3. The van der Waals surface area contributed by atoms with Gasteiger partial charge in [0.05, 0.1) is 13.2 Å². The highest BCUT2D eigenvalue weighted by atomic mass is 16.5. The zero-order valence-corrected chi connectivity index (χ0v) is 19.2. The average molecular weight is 451 g/mol. The number of amides is 1. The molecule has 0 spiro atoms. The van der Waals surface area contributed by atoms with Crippen LogP contribution in [0.2, 0.25) is 0 Å². The first-order valence-corrected chi connectivity index (χ1v) is 12.3. The number of hydrogen-bond donors (Lipinski definition) is 3. The summed E-state index contributed by atoms with van der Waals surface area (Å²) in [7, 11) is 0. The maximum absolute atomic E-state index is 11.8. The Morgan fingerprint density at radius 3 is 2.76 bits per heavy atom. The fourth-order valence-electron chi connectivity index (χ4n) is 4.18. The summed E-state index contributed by atoms with van der Waals surface area (Å²) in [5, 5.41) is 9.89. The van der Waals surface area contributed by atoms with Gasteiger partial charge in [-0.3, -0.25) is 9.69 Å². The molecule has 2 aromatic rings. The molecule has 5 rings (SSSR count). The van der Waals surface area contributed by atoms with Crippen molar-refractivity contribution >= 4 is 23.4 Å². The van der Waals surface area contributed by atoms with Gasteiger partial charge in [-0.2, -0.15) is 4.98 Å². The molecule has 3 fully saturated rings. The van der Waals surface area contributed by atoms with Gasteiger partial charge in [0, 0.05) is 56.1 Å². The van der Waals surface area contributed by atoms with E-state index in [-0.39, 0.29) is 11.8 Å². The largest absolute Gasteiger partial charge is 0.379 e. The molecule has 0 atom stereocenters. The van der Waals surface area contributed by atoms with Crippen molar-refractivity contribution in [1.29, 1.82) is 0 Å². The second kappa shape index (κ2) is 10.5. The fraction of sp³-hybridized carbons (Fsp3) is 0.560. The van der Waals surface area contributed by atoms with Gasteiger partial charge in [-0.15, -0.1) is 0 Å². The molecule has 2 aliphatic carbocycles. The maximum Gasteiger partial charge on any atom is 0.229 e. The number of nitrogens with zero attached hydrogens (tertiary/aromatic N) is 3. The lowest BCUT2D eigenvalue weighted by Crippen LogP contribution is -2.35. The van der Waals surface area contributed by atoms with Crippen LogP contribution in [0, 0.1) is 5.92 Å². The molecule has 1 saturated heterocycles. The molecule has 0 radical (unpaired) electrons. The molecule has 1 aromatic carbocycles. The smallest absolute Gasteiger partial charge is 0.229 e. The van der Waals surface area contributed by atoms with Crippen molar-refractivity contribution < 1.29 is 9.53 Å². The molecule has 1 aliphatic heterocycles. The third kappa shape index (κ3) is 6.42. The van der Waals surface area contributed by atoms with Gasteiger partial charge in [-0.05, 0) is 55.7 Å². The normalized spacial score (nSPS) is 18.7. The van der Waals surface area contributed by atoms with Crippen LogP contribution in [0.3, 0.4) is 0 Å². The van der Waals surface area contributed by atoms with E-state index >= 15 is 0 Å². The fourth-order valence-corrected chi connectivity index (χ4v) is 4.18. The second-order valence-electron chi connectivity index (χ2n) is 9.33. The number of nitrogens with one attached hydrogen (secondary N) is 3. The Kier molecular flexibility index (Phi) is 7.02. The Labute approximate surface area is 195 Å². The molecule has 8 nitrogen and oxygen atoms in total. The van der Waals surface area contributed by atoms with Crippen molar-refractivity contribution in [2.45, 2.75) is 44.6 Å². The van der Waals surface area contributed by atoms with Gasteiger partial charge in [0.15, 0.2) is 0 Å². The van der Waals surface area contributed by atoms with Gasteiger partial charge in [0.25, 0.3) is 0 Å². The van der Waals surface area contributed by atoms with E-state index in [0.717, 1.165) is 70.2 Å². The first kappa shape index (κ1) is 22.1. The molecule has 2 saturated carbocycles. The molecular formula is C25H34N6O2. The topological polar surface area (TPSA) is 91.4 Å². The highest BCUT2D eigenvalue weighted by Gasteiger charge is 2.29. The molecule has 3 N–H and O–H groups in total. The molecular weight excluding hydrogens is 416 g/mol. The number of rotatable bonds is 11. The van der Waals surface area contributed by atoms with Crippen molar-refractivity contribution in [1.82, 2.24) is 20.2 Å². The second-order valence-corrected chi connectivity index (χ2v) is 9.33. The number of carbonyl (C=O) groups is 1. The highest BCUT2D eigenvalue weighted by molar-refractivity contribution is 5.80. The van der Waals surface area contributed by atoms with Crippen LogP contribution in [0.25, 0.3) is 0 Å². The van der Waals surface area contributed by atoms with E-state index in [0.29, 0.717) is 18.4 Å². The lowest BCUT2D eigenvalue weighted by molar-refractivity contribution is -0.122. The van der Waals surface area contributed by atoms with Crippen LogP contribution in [-0.4, -0.2) is 60.2 Å². The molecule has 3 aliphatic rings. The zero-order valence-electron chi connectivity index (χ0n) is 19.2. The van der Waals surface area contributed by atoms with Crippen molar-refractivity contribution in [3.8, 4) is 0 Å². The Morgan fingerprint density at radius 2 is 1.97 bits per heavy atom. The predicted molar refractivity (Wildman–Crippen MR) is 129 cm³/mol. The summed E-state index contributed by atoms with van der Waals surface area (Å²) in [5.74, 6) is 2.55. The van der Waals surface area contributed by atoms with E-state index in [1.807, 2.05) is 6.20 Å². The van der Waals surface area contributed by atoms with Gasteiger partial charge in [-0.1, -0.05) is 12.1 Å².